The molecular formula is C19H23N5O. The lowest BCUT2D eigenvalue weighted by Crippen LogP contribution is -2.26. The van der Waals surface area contributed by atoms with E-state index in [9.17, 15) is 4.79 Å². The smallest absolute Gasteiger partial charge is 0.271 e. The zero-order chi connectivity index (χ0) is 17.3. The maximum absolute atomic E-state index is 12.1. The van der Waals surface area contributed by atoms with Gasteiger partial charge in [0.05, 0.1) is 24.6 Å². The fourth-order valence-corrected chi connectivity index (χ4v) is 2.78. The summed E-state index contributed by atoms with van der Waals surface area (Å²) in [7, 11) is 0. The molecule has 0 saturated heterocycles. The molecule has 0 radical (unpaired) electrons. The van der Waals surface area contributed by atoms with Gasteiger partial charge in [-0.1, -0.05) is 17.7 Å². The molecule has 1 amide bonds. The van der Waals surface area contributed by atoms with Gasteiger partial charge in [-0.15, -0.1) is 0 Å². The third-order valence-electron chi connectivity index (χ3n) is 4.18. The maximum atomic E-state index is 12.1. The minimum absolute atomic E-state index is 0.180. The van der Waals surface area contributed by atoms with E-state index >= 15 is 0 Å². The summed E-state index contributed by atoms with van der Waals surface area (Å²) in [4.78, 5) is 24.8. The van der Waals surface area contributed by atoms with Crippen molar-refractivity contribution in [3.8, 4) is 0 Å². The van der Waals surface area contributed by atoms with Crippen molar-refractivity contribution in [2.45, 2.75) is 38.6 Å². The lowest BCUT2D eigenvalue weighted by molar-refractivity contribution is 0.0948. The average molecular weight is 337 g/mol. The zero-order valence-corrected chi connectivity index (χ0v) is 14.2. The number of aromatic nitrogens is 3. The molecule has 2 aromatic rings. The van der Waals surface area contributed by atoms with Crippen molar-refractivity contribution < 1.29 is 4.79 Å². The number of hydrogen-bond donors (Lipinski definition) is 2. The number of amides is 1. The molecular weight excluding hydrogens is 314 g/mol. The van der Waals surface area contributed by atoms with Gasteiger partial charge in [0.25, 0.3) is 5.91 Å². The summed E-state index contributed by atoms with van der Waals surface area (Å²) >= 11 is 0. The van der Waals surface area contributed by atoms with Gasteiger partial charge in [0, 0.05) is 12.7 Å². The Balaban J connectivity index is 1.44. The van der Waals surface area contributed by atoms with Crippen LogP contribution in [0.4, 0.5) is 5.82 Å². The van der Waals surface area contributed by atoms with Crippen LogP contribution < -0.4 is 10.6 Å². The van der Waals surface area contributed by atoms with Gasteiger partial charge in [-0.05, 0) is 44.2 Å². The molecule has 3 rings (SSSR count). The van der Waals surface area contributed by atoms with Crippen molar-refractivity contribution in [1.29, 1.82) is 0 Å². The minimum Gasteiger partial charge on any atom is -0.363 e. The SMILES string of the molecule is O=C(NCCC1=CCCCC1)c1cnc(NCc2ccccn2)cn1. The quantitative estimate of drug-likeness (QED) is 0.759. The number of hydrogen-bond acceptors (Lipinski definition) is 5. The monoisotopic (exact) mass is 337 g/mol. The van der Waals surface area contributed by atoms with E-state index in [4.69, 9.17) is 0 Å². The van der Waals surface area contributed by atoms with E-state index in [0.717, 1.165) is 18.5 Å². The van der Waals surface area contributed by atoms with Gasteiger partial charge in [0.15, 0.2) is 0 Å². The van der Waals surface area contributed by atoms with E-state index in [1.54, 1.807) is 12.4 Å². The van der Waals surface area contributed by atoms with E-state index in [-0.39, 0.29) is 5.91 Å². The molecule has 6 nitrogen and oxygen atoms in total. The zero-order valence-electron chi connectivity index (χ0n) is 14.2. The maximum Gasteiger partial charge on any atom is 0.271 e. The summed E-state index contributed by atoms with van der Waals surface area (Å²) in [5.74, 6) is 0.440. The van der Waals surface area contributed by atoms with Crippen LogP contribution in [0.5, 0.6) is 0 Å². The number of nitrogens with one attached hydrogen (secondary N) is 2. The van der Waals surface area contributed by atoms with E-state index in [0.29, 0.717) is 24.6 Å². The van der Waals surface area contributed by atoms with E-state index in [1.165, 1.54) is 31.0 Å². The second-order valence-corrected chi connectivity index (χ2v) is 6.08. The highest BCUT2D eigenvalue weighted by atomic mass is 16.1. The van der Waals surface area contributed by atoms with Crippen molar-refractivity contribution in [2.75, 3.05) is 11.9 Å². The van der Waals surface area contributed by atoms with Crippen LogP contribution in [0.2, 0.25) is 0 Å². The van der Waals surface area contributed by atoms with Crippen LogP contribution in [0.15, 0.2) is 48.4 Å². The fraction of sp³-hybridized carbons (Fsp3) is 0.368. The van der Waals surface area contributed by atoms with Crippen LogP contribution >= 0.6 is 0 Å². The molecule has 2 aromatic heterocycles. The second kappa shape index (κ2) is 8.92. The molecule has 2 N–H and O–H groups in total. The molecule has 130 valence electrons. The standard InChI is InChI=1S/C19H23N5O/c25-19(21-11-9-15-6-2-1-3-7-15)17-13-24-18(14-22-17)23-12-16-8-4-5-10-20-16/h4-6,8,10,13-14H,1-3,7,9,11-12H2,(H,21,25)(H,23,24). The third kappa shape index (κ3) is 5.38. The van der Waals surface area contributed by atoms with Gasteiger partial charge in [-0.2, -0.15) is 0 Å². The third-order valence-corrected chi connectivity index (χ3v) is 4.18. The van der Waals surface area contributed by atoms with Crippen molar-refractivity contribution >= 4 is 11.7 Å². The van der Waals surface area contributed by atoms with Gasteiger partial charge >= 0.3 is 0 Å². The first kappa shape index (κ1) is 17.1. The number of anilines is 1. The van der Waals surface area contributed by atoms with Crippen LogP contribution in [-0.4, -0.2) is 27.4 Å². The Morgan fingerprint density at radius 3 is 2.80 bits per heavy atom. The molecule has 0 unspecified atom stereocenters. The highest BCUT2D eigenvalue weighted by Gasteiger charge is 2.09. The normalized spacial score (nSPS) is 13.8. The van der Waals surface area contributed by atoms with Crippen LogP contribution in [0.1, 0.15) is 48.3 Å². The molecule has 6 heteroatoms. The van der Waals surface area contributed by atoms with Gasteiger partial charge in [-0.3, -0.25) is 9.78 Å². The summed E-state index contributed by atoms with van der Waals surface area (Å²) in [5.41, 5.74) is 2.70. The summed E-state index contributed by atoms with van der Waals surface area (Å²) < 4.78 is 0. The molecule has 25 heavy (non-hydrogen) atoms. The predicted molar refractivity (Wildman–Crippen MR) is 97.1 cm³/mol. The first-order valence-corrected chi connectivity index (χ1v) is 8.73. The summed E-state index contributed by atoms with van der Waals surface area (Å²) in [6, 6.07) is 5.75. The van der Waals surface area contributed by atoms with E-state index in [2.05, 4.69) is 31.7 Å². The number of carbonyl (C=O) groups excluding carboxylic acids is 1. The number of rotatable bonds is 7. The molecule has 0 aliphatic heterocycles. The Labute approximate surface area is 147 Å². The Morgan fingerprint density at radius 2 is 2.08 bits per heavy atom. The lowest BCUT2D eigenvalue weighted by atomic mass is 9.97. The molecule has 0 fully saturated rings. The Bertz CT molecular complexity index is 712. The largest absolute Gasteiger partial charge is 0.363 e. The number of allylic oxidation sites excluding steroid dienone is 1. The molecule has 0 spiro atoms. The minimum atomic E-state index is -0.180. The Morgan fingerprint density at radius 1 is 1.12 bits per heavy atom. The topological polar surface area (TPSA) is 79.8 Å². The number of pyridine rings is 1. The first-order valence-electron chi connectivity index (χ1n) is 8.73. The second-order valence-electron chi connectivity index (χ2n) is 6.08. The van der Waals surface area contributed by atoms with Gasteiger partial charge in [0.2, 0.25) is 0 Å². The molecule has 0 atom stereocenters. The Kier molecular flexibility index (Phi) is 6.09. The molecule has 0 saturated carbocycles. The Hall–Kier alpha value is -2.76. The molecule has 0 aromatic carbocycles. The highest BCUT2D eigenvalue weighted by Crippen LogP contribution is 2.19. The van der Waals surface area contributed by atoms with Crippen LogP contribution in [0, 0.1) is 0 Å². The fourth-order valence-electron chi connectivity index (χ4n) is 2.78. The molecule has 0 bridgehead atoms. The van der Waals surface area contributed by atoms with Crippen molar-refractivity contribution in [3.63, 3.8) is 0 Å². The number of carbonyl (C=O) groups is 1. The molecule has 1 aliphatic rings. The van der Waals surface area contributed by atoms with Gasteiger partial charge in [0.1, 0.15) is 11.5 Å². The van der Waals surface area contributed by atoms with E-state index < -0.39 is 0 Å². The summed E-state index contributed by atoms with van der Waals surface area (Å²) in [5, 5.41) is 6.05. The van der Waals surface area contributed by atoms with Crippen LogP contribution in [0.25, 0.3) is 0 Å². The highest BCUT2D eigenvalue weighted by molar-refractivity contribution is 5.91. The molecule has 1 aliphatic carbocycles. The van der Waals surface area contributed by atoms with Crippen molar-refractivity contribution in [2.24, 2.45) is 0 Å². The first-order chi connectivity index (χ1) is 12.3. The lowest BCUT2D eigenvalue weighted by Gasteiger charge is -2.12. The van der Waals surface area contributed by atoms with Gasteiger partial charge < -0.3 is 10.6 Å². The van der Waals surface area contributed by atoms with E-state index in [1.807, 2.05) is 18.2 Å². The summed E-state index contributed by atoms with van der Waals surface area (Å²) in [6.45, 7) is 1.21. The predicted octanol–water partition coefficient (Wildman–Crippen LogP) is 3.10. The summed E-state index contributed by atoms with van der Waals surface area (Å²) in [6.07, 6.45) is 12.9. The average Bonchev–Trinajstić information content (AvgIpc) is 2.68. The van der Waals surface area contributed by atoms with Crippen LogP contribution in [0.3, 0.4) is 0 Å². The van der Waals surface area contributed by atoms with Crippen molar-refractivity contribution in [1.82, 2.24) is 20.3 Å². The van der Waals surface area contributed by atoms with Gasteiger partial charge in [-0.25, -0.2) is 9.97 Å². The number of nitrogens with zero attached hydrogens (tertiary/aromatic N) is 3. The molecule has 2 heterocycles. The van der Waals surface area contributed by atoms with Crippen molar-refractivity contribution in [3.05, 3.63) is 59.8 Å². The van der Waals surface area contributed by atoms with Crippen LogP contribution in [-0.2, 0) is 6.54 Å².